The van der Waals surface area contributed by atoms with Gasteiger partial charge in [-0.15, -0.1) is 0 Å². The van der Waals surface area contributed by atoms with Crippen molar-refractivity contribution < 1.29 is 0 Å². The Morgan fingerprint density at radius 1 is 1.22 bits per heavy atom. The fourth-order valence-electron chi connectivity index (χ4n) is 1.91. The maximum Gasteiger partial charge on any atom is 0.0406 e. The quantitative estimate of drug-likeness (QED) is 0.773. The van der Waals surface area contributed by atoms with Crippen LogP contribution in [-0.2, 0) is 0 Å². The van der Waals surface area contributed by atoms with Crippen LogP contribution >= 0.6 is 11.6 Å². The molecule has 0 spiro atoms. The molecule has 0 aliphatic carbocycles. The topological polar surface area (TPSA) is 15.3 Å². The van der Waals surface area contributed by atoms with Crippen molar-refractivity contribution in [1.29, 1.82) is 0 Å². The lowest BCUT2D eigenvalue weighted by atomic mass is 10.0. The molecular weight excluding hydrogens is 244 g/mol. The summed E-state index contributed by atoms with van der Waals surface area (Å²) in [5, 5.41) is 4.42. The highest BCUT2D eigenvalue weighted by Crippen LogP contribution is 2.19. The average molecular weight is 269 g/mol. The van der Waals surface area contributed by atoms with E-state index < -0.39 is 0 Å². The lowest BCUT2D eigenvalue weighted by Crippen LogP contribution is -2.27. The van der Waals surface area contributed by atoms with Gasteiger partial charge in [0, 0.05) is 11.1 Å². The Kier molecular flexibility index (Phi) is 7.33. The second-order valence-electron chi connectivity index (χ2n) is 4.74. The standard InChI is InChI=1S/C15H25ClN2/c1-4-11-17-15(10-12-18(3)5-2)13-6-8-14(16)9-7-13/h6-9,15,17H,4-5,10-12H2,1-3H3. The highest BCUT2D eigenvalue weighted by molar-refractivity contribution is 6.30. The molecular formula is C15H25ClN2. The van der Waals surface area contributed by atoms with E-state index in [0.717, 1.165) is 37.5 Å². The lowest BCUT2D eigenvalue weighted by Gasteiger charge is -2.22. The molecule has 18 heavy (non-hydrogen) atoms. The highest BCUT2D eigenvalue weighted by Gasteiger charge is 2.11. The van der Waals surface area contributed by atoms with Gasteiger partial charge < -0.3 is 10.2 Å². The van der Waals surface area contributed by atoms with Crippen LogP contribution in [0, 0.1) is 0 Å². The highest BCUT2D eigenvalue weighted by atomic mass is 35.5. The van der Waals surface area contributed by atoms with Gasteiger partial charge in [0.05, 0.1) is 0 Å². The van der Waals surface area contributed by atoms with Crippen molar-refractivity contribution in [3.8, 4) is 0 Å². The zero-order valence-electron chi connectivity index (χ0n) is 11.7. The van der Waals surface area contributed by atoms with Gasteiger partial charge in [0.15, 0.2) is 0 Å². The Balaban J connectivity index is 2.62. The molecule has 0 aliphatic rings. The Morgan fingerprint density at radius 3 is 2.44 bits per heavy atom. The van der Waals surface area contributed by atoms with Gasteiger partial charge in [-0.2, -0.15) is 0 Å². The van der Waals surface area contributed by atoms with Gasteiger partial charge in [-0.05, 0) is 57.2 Å². The van der Waals surface area contributed by atoms with Crippen LogP contribution in [0.15, 0.2) is 24.3 Å². The first-order chi connectivity index (χ1) is 8.67. The SMILES string of the molecule is CCCNC(CCN(C)CC)c1ccc(Cl)cc1. The number of nitrogens with one attached hydrogen (secondary N) is 1. The summed E-state index contributed by atoms with van der Waals surface area (Å²) in [6.07, 6.45) is 2.29. The molecule has 0 bridgehead atoms. The molecule has 0 amide bonds. The van der Waals surface area contributed by atoms with Crippen LogP contribution in [0.1, 0.15) is 38.3 Å². The van der Waals surface area contributed by atoms with Crippen LogP contribution in [0.3, 0.4) is 0 Å². The molecule has 0 saturated heterocycles. The summed E-state index contributed by atoms with van der Waals surface area (Å²) in [5.74, 6) is 0. The van der Waals surface area contributed by atoms with Gasteiger partial charge in [0.25, 0.3) is 0 Å². The van der Waals surface area contributed by atoms with Crippen LogP contribution in [0.4, 0.5) is 0 Å². The van der Waals surface area contributed by atoms with Gasteiger partial charge in [0.1, 0.15) is 0 Å². The molecule has 1 aromatic carbocycles. The Labute approximate surface area is 116 Å². The molecule has 1 N–H and O–H groups in total. The van der Waals surface area contributed by atoms with E-state index in [4.69, 9.17) is 11.6 Å². The first kappa shape index (κ1) is 15.5. The van der Waals surface area contributed by atoms with Crippen molar-refractivity contribution in [2.75, 3.05) is 26.7 Å². The van der Waals surface area contributed by atoms with E-state index in [1.165, 1.54) is 5.56 Å². The Morgan fingerprint density at radius 2 is 1.89 bits per heavy atom. The van der Waals surface area contributed by atoms with E-state index in [2.05, 4.69) is 43.2 Å². The van der Waals surface area contributed by atoms with Gasteiger partial charge in [-0.1, -0.05) is 37.6 Å². The van der Waals surface area contributed by atoms with E-state index in [1.807, 2.05) is 12.1 Å². The minimum absolute atomic E-state index is 0.427. The van der Waals surface area contributed by atoms with Crippen molar-refractivity contribution in [3.63, 3.8) is 0 Å². The summed E-state index contributed by atoms with van der Waals surface area (Å²) in [6, 6.07) is 8.63. The fraction of sp³-hybridized carbons (Fsp3) is 0.600. The van der Waals surface area contributed by atoms with Gasteiger partial charge in [-0.3, -0.25) is 0 Å². The third-order valence-corrected chi connectivity index (χ3v) is 3.50. The van der Waals surface area contributed by atoms with Gasteiger partial charge >= 0.3 is 0 Å². The first-order valence-electron chi connectivity index (χ1n) is 6.84. The van der Waals surface area contributed by atoms with Crippen molar-refractivity contribution in [3.05, 3.63) is 34.9 Å². The fourth-order valence-corrected chi connectivity index (χ4v) is 2.03. The maximum absolute atomic E-state index is 5.94. The summed E-state index contributed by atoms with van der Waals surface area (Å²) in [7, 11) is 2.17. The predicted molar refractivity (Wildman–Crippen MR) is 80.3 cm³/mol. The van der Waals surface area contributed by atoms with Crippen molar-refractivity contribution >= 4 is 11.6 Å². The number of hydrogen-bond acceptors (Lipinski definition) is 2. The molecule has 2 nitrogen and oxygen atoms in total. The zero-order chi connectivity index (χ0) is 13.4. The number of nitrogens with zero attached hydrogens (tertiary/aromatic N) is 1. The summed E-state index contributed by atoms with van der Waals surface area (Å²) < 4.78 is 0. The second-order valence-corrected chi connectivity index (χ2v) is 5.18. The summed E-state index contributed by atoms with van der Waals surface area (Å²) in [6.45, 7) is 7.66. The van der Waals surface area contributed by atoms with Crippen LogP contribution < -0.4 is 5.32 Å². The molecule has 102 valence electrons. The summed E-state index contributed by atoms with van der Waals surface area (Å²) >= 11 is 5.94. The molecule has 1 rings (SSSR count). The molecule has 1 unspecified atom stereocenters. The van der Waals surface area contributed by atoms with Gasteiger partial charge in [-0.25, -0.2) is 0 Å². The average Bonchev–Trinajstić information content (AvgIpc) is 2.40. The Bertz CT molecular complexity index is 324. The second kappa shape index (κ2) is 8.52. The monoisotopic (exact) mass is 268 g/mol. The van der Waals surface area contributed by atoms with Gasteiger partial charge in [0.2, 0.25) is 0 Å². The van der Waals surface area contributed by atoms with E-state index in [-0.39, 0.29) is 0 Å². The minimum atomic E-state index is 0.427. The summed E-state index contributed by atoms with van der Waals surface area (Å²) in [5.41, 5.74) is 1.33. The zero-order valence-corrected chi connectivity index (χ0v) is 12.5. The number of hydrogen-bond donors (Lipinski definition) is 1. The van der Waals surface area contributed by atoms with Crippen LogP contribution in [0.2, 0.25) is 5.02 Å². The van der Waals surface area contributed by atoms with E-state index in [0.29, 0.717) is 6.04 Å². The summed E-state index contributed by atoms with van der Waals surface area (Å²) in [4.78, 5) is 2.34. The molecule has 1 aromatic rings. The maximum atomic E-state index is 5.94. The number of halogens is 1. The molecule has 0 aliphatic heterocycles. The van der Waals surface area contributed by atoms with Crippen molar-refractivity contribution in [2.24, 2.45) is 0 Å². The van der Waals surface area contributed by atoms with Crippen molar-refractivity contribution in [1.82, 2.24) is 10.2 Å². The molecule has 0 heterocycles. The van der Waals surface area contributed by atoms with Crippen LogP contribution in [0.5, 0.6) is 0 Å². The largest absolute Gasteiger partial charge is 0.310 e. The van der Waals surface area contributed by atoms with E-state index in [1.54, 1.807) is 0 Å². The first-order valence-corrected chi connectivity index (χ1v) is 7.22. The van der Waals surface area contributed by atoms with Crippen molar-refractivity contribution in [2.45, 2.75) is 32.7 Å². The van der Waals surface area contributed by atoms with E-state index >= 15 is 0 Å². The Hall–Kier alpha value is -0.570. The molecule has 0 radical (unpaired) electrons. The number of rotatable bonds is 8. The lowest BCUT2D eigenvalue weighted by molar-refractivity contribution is 0.321. The van der Waals surface area contributed by atoms with Crippen LogP contribution in [0.25, 0.3) is 0 Å². The minimum Gasteiger partial charge on any atom is -0.310 e. The van der Waals surface area contributed by atoms with Crippen LogP contribution in [-0.4, -0.2) is 31.6 Å². The smallest absolute Gasteiger partial charge is 0.0406 e. The molecule has 0 fully saturated rings. The molecule has 0 aromatic heterocycles. The molecule has 3 heteroatoms. The number of benzene rings is 1. The predicted octanol–water partition coefficient (Wildman–Crippen LogP) is 3.72. The third kappa shape index (κ3) is 5.38. The third-order valence-electron chi connectivity index (χ3n) is 3.25. The molecule has 1 atom stereocenters. The molecule has 0 saturated carbocycles. The van der Waals surface area contributed by atoms with E-state index in [9.17, 15) is 0 Å². The normalized spacial score (nSPS) is 12.9.